The van der Waals surface area contributed by atoms with Gasteiger partial charge in [-0.2, -0.15) is 0 Å². The maximum Gasteiger partial charge on any atom is 0.233 e. The number of imidazole rings is 1. The number of thioether (sulfide) groups is 1. The van der Waals surface area contributed by atoms with Gasteiger partial charge in [0.15, 0.2) is 0 Å². The Morgan fingerprint density at radius 2 is 2.26 bits per heavy atom. The van der Waals surface area contributed by atoms with Crippen LogP contribution in [0.1, 0.15) is 5.69 Å². The molecule has 2 aromatic heterocycles. The van der Waals surface area contributed by atoms with Crippen molar-refractivity contribution in [3.05, 3.63) is 54.4 Å². The van der Waals surface area contributed by atoms with E-state index >= 15 is 0 Å². The van der Waals surface area contributed by atoms with Crippen LogP contribution >= 0.6 is 11.8 Å². The van der Waals surface area contributed by atoms with Gasteiger partial charge in [0.25, 0.3) is 0 Å². The van der Waals surface area contributed by atoms with E-state index in [-0.39, 0.29) is 5.82 Å². The van der Waals surface area contributed by atoms with E-state index in [0.717, 1.165) is 10.6 Å². The van der Waals surface area contributed by atoms with Crippen molar-refractivity contribution < 1.29 is 4.39 Å². The second-order valence-corrected chi connectivity index (χ2v) is 5.05. The Balaban J connectivity index is 1.80. The second kappa shape index (κ2) is 4.89. The van der Waals surface area contributed by atoms with Crippen LogP contribution in [-0.4, -0.2) is 14.4 Å². The first-order valence-electron chi connectivity index (χ1n) is 5.69. The lowest BCUT2D eigenvalue weighted by Gasteiger charge is -2.03. The van der Waals surface area contributed by atoms with Crippen LogP contribution in [0.2, 0.25) is 0 Å². The summed E-state index contributed by atoms with van der Waals surface area (Å²) in [5.41, 5.74) is 7.26. The number of nitrogens with two attached hydrogens (primary N) is 1. The Kier molecular flexibility index (Phi) is 3.08. The van der Waals surface area contributed by atoms with Crippen LogP contribution < -0.4 is 5.73 Å². The number of nitrogen functional groups attached to an aromatic ring is 1. The van der Waals surface area contributed by atoms with Gasteiger partial charge in [0.2, 0.25) is 5.78 Å². The van der Waals surface area contributed by atoms with Crippen LogP contribution in [0.25, 0.3) is 5.78 Å². The predicted octanol–water partition coefficient (Wildman–Crippen LogP) is 2.74. The van der Waals surface area contributed by atoms with Gasteiger partial charge in [-0.15, -0.1) is 11.8 Å². The van der Waals surface area contributed by atoms with E-state index in [1.165, 1.54) is 23.9 Å². The molecule has 0 atom stereocenters. The Morgan fingerprint density at radius 1 is 1.37 bits per heavy atom. The zero-order chi connectivity index (χ0) is 13.2. The first kappa shape index (κ1) is 12.0. The lowest BCUT2D eigenvalue weighted by Crippen LogP contribution is -1.90. The Labute approximate surface area is 113 Å². The largest absolute Gasteiger partial charge is 0.398 e. The second-order valence-electron chi connectivity index (χ2n) is 4.03. The van der Waals surface area contributed by atoms with Crippen LogP contribution in [-0.2, 0) is 5.75 Å². The van der Waals surface area contributed by atoms with E-state index in [1.54, 1.807) is 12.3 Å². The zero-order valence-electron chi connectivity index (χ0n) is 9.95. The van der Waals surface area contributed by atoms with Gasteiger partial charge in [0.05, 0.1) is 5.69 Å². The maximum absolute atomic E-state index is 13.1. The van der Waals surface area contributed by atoms with Gasteiger partial charge in [-0.3, -0.25) is 4.40 Å². The van der Waals surface area contributed by atoms with Crippen LogP contribution in [0.3, 0.4) is 0 Å². The van der Waals surface area contributed by atoms with Crippen molar-refractivity contribution in [2.75, 3.05) is 5.73 Å². The van der Waals surface area contributed by atoms with Gasteiger partial charge < -0.3 is 5.73 Å². The average Bonchev–Trinajstić information content (AvgIpc) is 2.82. The number of fused-ring (bicyclic) bond motifs is 1. The van der Waals surface area contributed by atoms with Crippen molar-refractivity contribution >= 4 is 23.2 Å². The van der Waals surface area contributed by atoms with E-state index in [1.807, 2.05) is 22.9 Å². The highest BCUT2D eigenvalue weighted by molar-refractivity contribution is 7.98. The van der Waals surface area contributed by atoms with Crippen molar-refractivity contribution in [1.29, 1.82) is 0 Å². The van der Waals surface area contributed by atoms with E-state index < -0.39 is 0 Å². The summed E-state index contributed by atoms with van der Waals surface area (Å²) in [7, 11) is 0. The lowest BCUT2D eigenvalue weighted by atomic mass is 10.3. The minimum atomic E-state index is -0.284. The normalized spacial score (nSPS) is 11.0. The molecule has 6 heteroatoms. The fraction of sp³-hybridized carbons (Fsp3) is 0.0769. The molecule has 96 valence electrons. The molecule has 4 nitrogen and oxygen atoms in total. The van der Waals surface area contributed by atoms with Crippen molar-refractivity contribution in [1.82, 2.24) is 14.4 Å². The molecule has 0 aliphatic rings. The van der Waals surface area contributed by atoms with E-state index in [9.17, 15) is 4.39 Å². The number of benzene rings is 1. The Hall–Kier alpha value is -2.08. The fourth-order valence-electron chi connectivity index (χ4n) is 1.73. The molecule has 2 N–H and O–H groups in total. The molecule has 0 aliphatic carbocycles. The summed E-state index contributed by atoms with van der Waals surface area (Å²) < 4.78 is 15.0. The molecule has 2 heterocycles. The molecule has 0 radical (unpaired) electrons. The molecular formula is C13H11FN4S. The summed E-state index contributed by atoms with van der Waals surface area (Å²) >= 11 is 1.46. The van der Waals surface area contributed by atoms with Crippen LogP contribution in [0.5, 0.6) is 0 Å². The maximum atomic E-state index is 13.1. The van der Waals surface area contributed by atoms with E-state index in [0.29, 0.717) is 17.2 Å². The quantitative estimate of drug-likeness (QED) is 0.589. The molecule has 0 unspecified atom stereocenters. The summed E-state index contributed by atoms with van der Waals surface area (Å²) in [6.07, 6.45) is 5.49. The smallest absolute Gasteiger partial charge is 0.233 e. The van der Waals surface area contributed by atoms with Crippen LogP contribution in [0, 0.1) is 5.82 Å². The summed E-state index contributed by atoms with van der Waals surface area (Å²) in [5, 5.41) is 0. The molecule has 1 aromatic carbocycles. The van der Waals surface area contributed by atoms with Gasteiger partial charge in [-0.05, 0) is 24.3 Å². The molecule has 0 aliphatic heterocycles. The topological polar surface area (TPSA) is 56.2 Å². The zero-order valence-corrected chi connectivity index (χ0v) is 10.8. The minimum absolute atomic E-state index is 0.284. The first-order chi connectivity index (χ1) is 9.22. The minimum Gasteiger partial charge on any atom is -0.398 e. The third-order valence-electron chi connectivity index (χ3n) is 2.64. The van der Waals surface area contributed by atoms with Crippen LogP contribution in [0.4, 0.5) is 10.1 Å². The third-order valence-corrected chi connectivity index (χ3v) is 3.74. The number of hydrogen-bond donors (Lipinski definition) is 1. The highest BCUT2D eigenvalue weighted by Gasteiger charge is 2.06. The number of halogens is 1. The van der Waals surface area contributed by atoms with Crippen molar-refractivity contribution in [2.24, 2.45) is 0 Å². The summed E-state index contributed by atoms with van der Waals surface area (Å²) in [6, 6.07) is 6.21. The summed E-state index contributed by atoms with van der Waals surface area (Å²) in [5.74, 6) is 0.996. The standard InChI is InChI=1S/C13H11FN4S/c14-9-2-3-11(15)12(6-9)19-8-10-7-18-5-1-4-16-13(18)17-10/h1-7H,8,15H2. The van der Waals surface area contributed by atoms with E-state index in [2.05, 4.69) is 9.97 Å². The van der Waals surface area contributed by atoms with Gasteiger partial charge in [0, 0.05) is 34.9 Å². The number of aromatic nitrogens is 3. The Morgan fingerprint density at radius 3 is 3.11 bits per heavy atom. The molecule has 0 saturated carbocycles. The first-order valence-corrected chi connectivity index (χ1v) is 6.67. The number of hydrogen-bond acceptors (Lipinski definition) is 4. The monoisotopic (exact) mass is 274 g/mol. The third kappa shape index (κ3) is 2.53. The highest BCUT2D eigenvalue weighted by atomic mass is 32.2. The highest BCUT2D eigenvalue weighted by Crippen LogP contribution is 2.28. The fourth-order valence-corrected chi connectivity index (χ4v) is 2.61. The van der Waals surface area contributed by atoms with Crippen molar-refractivity contribution in [2.45, 2.75) is 10.6 Å². The Bertz CT molecular complexity index is 692. The molecular weight excluding hydrogens is 263 g/mol. The van der Waals surface area contributed by atoms with Gasteiger partial charge in [-0.25, -0.2) is 14.4 Å². The van der Waals surface area contributed by atoms with Crippen molar-refractivity contribution in [3.8, 4) is 0 Å². The van der Waals surface area contributed by atoms with Gasteiger partial charge in [0.1, 0.15) is 5.82 Å². The molecule has 3 aromatic rings. The summed E-state index contributed by atoms with van der Waals surface area (Å²) in [4.78, 5) is 9.25. The average molecular weight is 274 g/mol. The molecule has 0 bridgehead atoms. The number of anilines is 1. The van der Waals surface area contributed by atoms with Crippen LogP contribution in [0.15, 0.2) is 47.8 Å². The summed E-state index contributed by atoms with van der Waals surface area (Å²) in [6.45, 7) is 0. The SMILES string of the molecule is Nc1ccc(F)cc1SCc1cn2cccnc2n1. The molecule has 0 fully saturated rings. The molecule has 3 rings (SSSR count). The lowest BCUT2D eigenvalue weighted by molar-refractivity contribution is 0.624. The number of nitrogens with zero attached hydrogens (tertiary/aromatic N) is 3. The van der Waals surface area contributed by atoms with Crippen molar-refractivity contribution in [3.63, 3.8) is 0 Å². The molecule has 0 saturated heterocycles. The van der Waals surface area contributed by atoms with Gasteiger partial charge in [-0.1, -0.05) is 0 Å². The molecule has 19 heavy (non-hydrogen) atoms. The van der Waals surface area contributed by atoms with Gasteiger partial charge >= 0.3 is 0 Å². The predicted molar refractivity (Wildman–Crippen MR) is 73.4 cm³/mol. The molecule has 0 amide bonds. The van der Waals surface area contributed by atoms with E-state index in [4.69, 9.17) is 5.73 Å². The molecule has 0 spiro atoms. The number of rotatable bonds is 3.